The van der Waals surface area contributed by atoms with Crippen molar-refractivity contribution in [2.75, 3.05) is 0 Å². The van der Waals surface area contributed by atoms with E-state index >= 15 is 0 Å². The Morgan fingerprint density at radius 3 is 0.427 bits per heavy atom. The molecular weight excluding hydrogens is 1250 g/mol. The molecule has 0 saturated carbocycles. The zero-order valence-corrected chi connectivity index (χ0v) is 62.0. The number of hydrogen-bond acceptors (Lipinski definition) is 0. The Morgan fingerprint density at radius 2 is 0.302 bits per heavy atom. The van der Waals surface area contributed by atoms with Crippen LogP contribution in [0.5, 0.6) is 0 Å². The number of benzene rings is 10. The van der Waals surface area contributed by atoms with Crippen LogP contribution < -0.4 is 15.6 Å². The molecule has 0 heterocycles. The summed E-state index contributed by atoms with van der Waals surface area (Å²) in [6.45, 7) is 15.4. The van der Waals surface area contributed by atoms with Crippen LogP contribution in [-0.4, -0.2) is 48.4 Å². The van der Waals surface area contributed by atoms with Gasteiger partial charge in [0.15, 0.2) is 0 Å². The molecule has 462 valence electrons. The number of hydrogen-bond donors (Lipinski definition) is 0. The van der Waals surface area contributed by atoms with Crippen molar-refractivity contribution in [3.8, 4) is 103 Å². The molecule has 0 bridgehead atoms. The first-order chi connectivity index (χ1) is 46.6. The first kappa shape index (κ1) is 68.4. The summed E-state index contributed by atoms with van der Waals surface area (Å²) in [5.74, 6) is 32.7. The first-order valence-electron chi connectivity index (χ1n) is 33.0. The van der Waals surface area contributed by atoms with Gasteiger partial charge < -0.3 is 0 Å². The van der Waals surface area contributed by atoms with Crippen molar-refractivity contribution < 1.29 is 0 Å². The summed E-state index contributed by atoms with van der Waals surface area (Å²) in [7, 11) is -16.3. The first-order valence-corrected chi connectivity index (χ1v) is 49.3. The molecule has 0 radical (unpaired) electrons. The molecule has 0 nitrogen and oxygen atoms in total. The Kier molecular flexibility index (Phi) is 23.6. The normalized spacial score (nSPS) is 10.9. The van der Waals surface area contributed by atoms with Crippen molar-refractivity contribution in [3.05, 3.63) is 341 Å². The lowest BCUT2D eigenvalue weighted by Crippen LogP contribution is -2.55. The lowest BCUT2D eigenvalue weighted by atomic mass is 10.2. The van der Waals surface area contributed by atoms with E-state index in [9.17, 15) is 0 Å². The standard InChI is InChI=1S/C90H78Si6/c1-91(2,70-73-94(61-52-79-34-16-7-17-35-79,62-53-80-36-18-8-19-37-80)63-54-81-38-20-9-21-39-81)88-76-89(92(3,4)71-74-95(64-55-82-40-22-10-23-41-82,65-56-83-42-24-11-25-43-83)66-57-84-44-26-12-27-45-84)78-90(77-88)93(5,6)72-75-96(67-58-85-46-28-13-29-47-85,68-59-86-48-30-14-31-49-86)69-60-87-50-32-15-33-51-87/h7-51,76-78H,70-75H2,1-6H3. The summed E-state index contributed by atoms with van der Waals surface area (Å²) in [5.41, 5.74) is 43.7. The minimum absolute atomic E-state index is 0.801. The summed E-state index contributed by atoms with van der Waals surface area (Å²) in [4.78, 5) is 0. The third kappa shape index (κ3) is 20.5. The Bertz CT molecular complexity index is 3940. The lowest BCUT2D eigenvalue weighted by Gasteiger charge is -2.33. The molecule has 0 aliphatic heterocycles. The Balaban J connectivity index is 1.12. The SMILES string of the molecule is C[Si](C)(CC[Si](C#Cc1ccccc1)(C#Cc1ccccc1)C#Cc1ccccc1)c1cc([Si](C)(C)CC[Si](C#Cc2ccccc2)(C#Cc2ccccc2)C#Cc2ccccc2)cc([Si](C)(C)CC[Si](C#Cc2ccccc2)(C#Cc2ccccc2)C#Cc2ccccc2)c1. The molecule has 10 rings (SSSR count). The van der Waals surface area contributed by atoms with Gasteiger partial charge in [0.1, 0.15) is 0 Å². The summed E-state index contributed by atoms with van der Waals surface area (Å²) in [5, 5.41) is 4.38. The Morgan fingerprint density at radius 1 is 0.177 bits per heavy atom. The van der Waals surface area contributed by atoms with Crippen LogP contribution in [0.4, 0.5) is 0 Å². The maximum Gasteiger partial charge on any atom is 0.292 e. The van der Waals surface area contributed by atoms with Gasteiger partial charge in [-0.25, -0.2) is 0 Å². The van der Waals surface area contributed by atoms with Crippen molar-refractivity contribution in [1.82, 2.24) is 0 Å². The van der Waals surface area contributed by atoms with Crippen molar-refractivity contribution in [2.24, 2.45) is 0 Å². The highest BCUT2D eigenvalue weighted by atomic mass is 28.3. The molecule has 0 amide bonds. The molecule has 96 heavy (non-hydrogen) atoms. The van der Waals surface area contributed by atoms with Crippen molar-refractivity contribution >= 4 is 64.0 Å². The lowest BCUT2D eigenvalue weighted by molar-refractivity contribution is 1.32. The Labute approximate surface area is 579 Å². The molecule has 0 atom stereocenters. The van der Waals surface area contributed by atoms with Crippen LogP contribution in [-0.2, 0) is 0 Å². The minimum atomic E-state index is -3.05. The van der Waals surface area contributed by atoms with E-state index in [4.69, 9.17) is 0 Å². The predicted molar refractivity (Wildman–Crippen MR) is 424 cm³/mol. The van der Waals surface area contributed by atoms with Crippen LogP contribution >= 0.6 is 0 Å². The summed E-state index contributed by atoms with van der Waals surface area (Å²) < 4.78 is 0. The van der Waals surface area contributed by atoms with Gasteiger partial charge >= 0.3 is 0 Å². The van der Waals surface area contributed by atoms with E-state index in [1.54, 1.807) is 0 Å². The molecule has 0 saturated heterocycles. The third-order valence-corrected chi connectivity index (χ3v) is 36.9. The van der Waals surface area contributed by atoms with Gasteiger partial charge in [0.2, 0.25) is 0 Å². The van der Waals surface area contributed by atoms with Crippen LogP contribution in [0.2, 0.25) is 75.5 Å². The van der Waals surface area contributed by atoms with E-state index in [0.717, 1.165) is 86.3 Å². The van der Waals surface area contributed by atoms with Crippen LogP contribution in [0.1, 0.15) is 50.1 Å². The molecule has 0 aliphatic carbocycles. The fourth-order valence-electron chi connectivity index (χ4n) is 10.9. The second kappa shape index (κ2) is 33.1. The van der Waals surface area contributed by atoms with Gasteiger partial charge in [0, 0.05) is 50.1 Å². The van der Waals surface area contributed by atoms with E-state index in [0.29, 0.717) is 0 Å². The monoisotopic (exact) mass is 1330 g/mol. The quantitative estimate of drug-likeness (QED) is 0.0845. The van der Waals surface area contributed by atoms with Gasteiger partial charge in [-0.1, -0.05) is 358 Å². The Hall–Kier alpha value is -10.5. The predicted octanol–water partition coefficient (Wildman–Crippen LogP) is 17.1. The molecule has 0 unspecified atom stereocenters. The molecule has 0 fully saturated rings. The maximum absolute atomic E-state index is 3.89. The fourth-order valence-corrected chi connectivity index (χ4v) is 32.4. The van der Waals surface area contributed by atoms with Crippen molar-refractivity contribution in [1.29, 1.82) is 0 Å². The topological polar surface area (TPSA) is 0 Å². The zero-order chi connectivity index (χ0) is 66.8. The smallest absolute Gasteiger partial charge is 0.0953 e. The van der Waals surface area contributed by atoms with Gasteiger partial charge in [0.25, 0.3) is 24.2 Å². The van der Waals surface area contributed by atoms with Crippen LogP contribution in [0.3, 0.4) is 0 Å². The summed E-state index contributed by atoms with van der Waals surface area (Å²) in [6, 6.07) is 106. The van der Waals surface area contributed by atoms with Crippen molar-refractivity contribution in [3.63, 3.8) is 0 Å². The van der Waals surface area contributed by atoms with E-state index in [2.05, 4.69) is 379 Å². The van der Waals surface area contributed by atoms with Gasteiger partial charge in [-0.3, -0.25) is 0 Å². The highest BCUT2D eigenvalue weighted by Crippen LogP contribution is 2.27. The van der Waals surface area contributed by atoms with Crippen molar-refractivity contribution in [2.45, 2.75) is 75.5 Å². The molecule has 10 aromatic carbocycles. The molecule has 0 spiro atoms. The minimum Gasteiger partial charge on any atom is -0.0953 e. The molecular formula is C90H78Si6. The van der Waals surface area contributed by atoms with E-state index in [-0.39, 0.29) is 0 Å². The van der Waals surface area contributed by atoms with Gasteiger partial charge in [-0.2, -0.15) is 0 Å². The highest BCUT2D eigenvalue weighted by molar-refractivity contribution is 7.04. The van der Waals surface area contributed by atoms with Gasteiger partial charge in [0.05, 0.1) is 24.2 Å². The summed E-state index contributed by atoms with van der Waals surface area (Å²) in [6.07, 6.45) is 0. The van der Waals surface area contributed by atoms with Gasteiger partial charge in [-0.15, -0.1) is 0 Å². The highest BCUT2D eigenvalue weighted by Gasteiger charge is 2.39. The average Bonchev–Trinajstić information content (AvgIpc) is 0.779. The van der Waals surface area contributed by atoms with Crippen LogP contribution in [0, 0.1) is 103 Å². The average molecular weight is 1330 g/mol. The largest absolute Gasteiger partial charge is 0.292 e. The van der Waals surface area contributed by atoms with Crippen LogP contribution in [0.15, 0.2) is 291 Å². The molecule has 0 aliphatic rings. The molecule has 0 N–H and O–H groups in total. The van der Waals surface area contributed by atoms with Crippen LogP contribution in [0.25, 0.3) is 0 Å². The van der Waals surface area contributed by atoms with E-state index in [1.165, 1.54) is 15.6 Å². The third-order valence-electron chi connectivity index (χ3n) is 17.4. The molecule has 0 aromatic heterocycles. The zero-order valence-electron chi connectivity index (χ0n) is 56.0. The second-order valence-electron chi connectivity index (χ2n) is 26.2. The van der Waals surface area contributed by atoms with Gasteiger partial charge in [-0.05, 0) is 127 Å². The fraction of sp³-hybridized carbons (Fsp3) is 0.133. The molecule has 6 heteroatoms. The maximum atomic E-state index is 3.89. The van der Waals surface area contributed by atoms with E-state index in [1.807, 2.05) is 54.6 Å². The van der Waals surface area contributed by atoms with E-state index < -0.39 is 48.4 Å². The number of rotatable bonds is 12. The summed E-state index contributed by atoms with van der Waals surface area (Å²) >= 11 is 0. The second-order valence-corrected chi connectivity index (χ2v) is 49.9. The molecule has 10 aromatic rings.